The number of halogens is 3. The van der Waals surface area contributed by atoms with Crippen LogP contribution in [0.4, 0.5) is 13.2 Å². The summed E-state index contributed by atoms with van der Waals surface area (Å²) in [5, 5.41) is 8.08. The van der Waals surface area contributed by atoms with Gasteiger partial charge in [0.15, 0.2) is 0 Å². The minimum atomic E-state index is -4.77. The first-order valence-corrected chi connectivity index (χ1v) is 11.1. The van der Waals surface area contributed by atoms with Crippen LogP contribution in [0.25, 0.3) is 11.2 Å². The van der Waals surface area contributed by atoms with E-state index in [-0.39, 0.29) is 11.1 Å². The highest BCUT2D eigenvalue weighted by molar-refractivity contribution is 5.94. The molecule has 4 heterocycles. The molecule has 188 valence electrons. The summed E-state index contributed by atoms with van der Waals surface area (Å²) >= 11 is 0. The molecule has 12 heteroatoms. The molecular formula is C24H23F3N6O3. The fourth-order valence-electron chi connectivity index (χ4n) is 4.45. The van der Waals surface area contributed by atoms with Crippen molar-refractivity contribution in [1.29, 1.82) is 0 Å². The summed E-state index contributed by atoms with van der Waals surface area (Å²) in [7, 11) is 4.71. The van der Waals surface area contributed by atoms with E-state index in [1.165, 1.54) is 14.1 Å². The van der Waals surface area contributed by atoms with E-state index in [0.29, 0.717) is 25.3 Å². The van der Waals surface area contributed by atoms with Gasteiger partial charge >= 0.3 is 11.9 Å². The maximum absolute atomic E-state index is 13.9. The van der Waals surface area contributed by atoms with Crippen molar-refractivity contribution in [2.75, 3.05) is 27.3 Å². The second-order valence-electron chi connectivity index (χ2n) is 9.24. The van der Waals surface area contributed by atoms with Crippen molar-refractivity contribution in [3.63, 3.8) is 0 Å². The number of amides is 1. The monoisotopic (exact) mass is 500 g/mol. The summed E-state index contributed by atoms with van der Waals surface area (Å²) in [4.78, 5) is 26.9. The molecule has 4 aromatic rings. The van der Waals surface area contributed by atoms with Crippen molar-refractivity contribution in [1.82, 2.24) is 28.6 Å². The molecule has 1 aliphatic heterocycles. The van der Waals surface area contributed by atoms with E-state index in [9.17, 15) is 22.8 Å². The maximum atomic E-state index is 13.9. The number of fused-ring (bicyclic) bond motifs is 1. The van der Waals surface area contributed by atoms with Gasteiger partial charge in [-0.2, -0.15) is 13.2 Å². The smallest absolute Gasteiger partial charge is 0.379 e. The molecule has 9 nitrogen and oxygen atoms in total. The van der Waals surface area contributed by atoms with Crippen LogP contribution in [0.1, 0.15) is 27.3 Å². The number of aromatic nitrogens is 5. The van der Waals surface area contributed by atoms with Gasteiger partial charge in [0.1, 0.15) is 12.2 Å². The zero-order valence-electron chi connectivity index (χ0n) is 19.8. The molecule has 0 radical (unpaired) electrons. The van der Waals surface area contributed by atoms with Gasteiger partial charge in [-0.25, -0.2) is 4.79 Å². The molecule has 0 aliphatic carbocycles. The van der Waals surface area contributed by atoms with Gasteiger partial charge < -0.3 is 14.2 Å². The number of hydrogen-bond donors (Lipinski definition) is 0. The van der Waals surface area contributed by atoms with E-state index < -0.39 is 28.8 Å². The van der Waals surface area contributed by atoms with E-state index in [4.69, 9.17) is 4.74 Å². The van der Waals surface area contributed by atoms with Crippen LogP contribution in [0.3, 0.4) is 0 Å². The summed E-state index contributed by atoms with van der Waals surface area (Å²) in [6.45, 7) is 0.869. The Morgan fingerprint density at radius 3 is 2.53 bits per heavy atom. The predicted molar refractivity (Wildman–Crippen MR) is 123 cm³/mol. The lowest BCUT2D eigenvalue weighted by Crippen LogP contribution is -2.49. The molecule has 1 fully saturated rings. The lowest BCUT2D eigenvalue weighted by Gasteiger charge is -2.41. The number of imidazole rings is 1. The van der Waals surface area contributed by atoms with Crippen molar-refractivity contribution >= 4 is 11.4 Å². The quantitative estimate of drug-likeness (QED) is 0.420. The Balaban J connectivity index is 1.63. The van der Waals surface area contributed by atoms with Gasteiger partial charge in [0.25, 0.3) is 5.91 Å². The molecule has 0 unspecified atom stereocenters. The number of pyridine rings is 1. The Morgan fingerprint density at radius 2 is 1.94 bits per heavy atom. The molecule has 0 N–H and O–H groups in total. The highest BCUT2D eigenvalue weighted by Crippen LogP contribution is 2.37. The molecule has 1 aliphatic rings. The minimum Gasteiger partial charge on any atom is -0.379 e. The molecule has 5 rings (SSSR count). The minimum absolute atomic E-state index is 0.234. The lowest BCUT2D eigenvalue weighted by atomic mass is 9.75. The molecule has 36 heavy (non-hydrogen) atoms. The van der Waals surface area contributed by atoms with E-state index >= 15 is 0 Å². The Morgan fingerprint density at radius 1 is 1.19 bits per heavy atom. The third-order valence-corrected chi connectivity index (χ3v) is 6.52. The van der Waals surface area contributed by atoms with Crippen molar-refractivity contribution < 1.29 is 22.7 Å². The topological polar surface area (TPSA) is 86.7 Å². The standard InChI is InChI=1S/C24H23F3N6O3/c1-30(2)21(34)15-7-18(24(25,26)27)19-11-32(22(35)33(19)10-15)17-6-4-5-16(8-17)23(12-36-13-23)9-20-29-28-14-31(20)3/h4-8,10-11,14H,9,12-13H2,1-3H3. The molecule has 3 aromatic heterocycles. The molecule has 0 atom stereocenters. The zero-order chi connectivity index (χ0) is 25.8. The van der Waals surface area contributed by atoms with Gasteiger partial charge in [0.2, 0.25) is 0 Å². The van der Waals surface area contributed by atoms with Crippen LogP contribution < -0.4 is 5.69 Å². The van der Waals surface area contributed by atoms with Gasteiger partial charge in [0.05, 0.1) is 35.5 Å². The molecule has 0 saturated carbocycles. The number of aryl methyl sites for hydroxylation is 1. The Hall–Kier alpha value is -3.93. The molecule has 1 amide bonds. The van der Waals surface area contributed by atoms with E-state index in [1.54, 1.807) is 24.5 Å². The second kappa shape index (κ2) is 8.33. The van der Waals surface area contributed by atoms with Crippen LogP contribution in [-0.4, -0.2) is 61.8 Å². The lowest BCUT2D eigenvalue weighted by molar-refractivity contribution is -0.136. The number of rotatable bonds is 5. The van der Waals surface area contributed by atoms with Crippen LogP contribution >= 0.6 is 0 Å². The van der Waals surface area contributed by atoms with Gasteiger partial charge in [-0.1, -0.05) is 12.1 Å². The number of benzene rings is 1. The van der Waals surface area contributed by atoms with Crippen LogP contribution in [0.2, 0.25) is 0 Å². The van der Waals surface area contributed by atoms with Gasteiger partial charge in [0, 0.05) is 45.4 Å². The molecule has 0 spiro atoms. The van der Waals surface area contributed by atoms with Crippen molar-refractivity contribution in [2.45, 2.75) is 18.0 Å². The summed E-state index contributed by atoms with van der Waals surface area (Å²) < 4.78 is 51.1. The van der Waals surface area contributed by atoms with Crippen molar-refractivity contribution in [3.8, 4) is 5.69 Å². The van der Waals surface area contributed by atoms with E-state index in [1.807, 2.05) is 17.7 Å². The van der Waals surface area contributed by atoms with E-state index in [2.05, 4.69) is 10.2 Å². The van der Waals surface area contributed by atoms with Gasteiger partial charge in [-0.05, 0) is 23.8 Å². The molecule has 0 bridgehead atoms. The molecular weight excluding hydrogens is 477 g/mol. The van der Waals surface area contributed by atoms with Crippen molar-refractivity contribution in [2.24, 2.45) is 7.05 Å². The number of ether oxygens (including phenoxy) is 1. The third kappa shape index (κ3) is 3.87. The van der Waals surface area contributed by atoms with Crippen LogP contribution in [-0.2, 0) is 29.8 Å². The van der Waals surface area contributed by atoms with Crippen LogP contribution in [0.15, 0.2) is 53.8 Å². The Labute approximate surface area is 203 Å². The van der Waals surface area contributed by atoms with Gasteiger partial charge in [-0.15, -0.1) is 10.2 Å². The Bertz CT molecular complexity index is 1530. The normalized spacial score (nSPS) is 15.2. The zero-order valence-corrected chi connectivity index (χ0v) is 19.8. The predicted octanol–water partition coefficient (Wildman–Crippen LogP) is 2.45. The van der Waals surface area contributed by atoms with Crippen molar-refractivity contribution in [3.05, 3.63) is 82.1 Å². The largest absolute Gasteiger partial charge is 0.418 e. The second-order valence-corrected chi connectivity index (χ2v) is 9.24. The third-order valence-electron chi connectivity index (χ3n) is 6.52. The first-order valence-electron chi connectivity index (χ1n) is 11.1. The number of carbonyl (C=O) groups excluding carboxylic acids is 1. The fraction of sp³-hybridized carbons (Fsp3) is 0.333. The van der Waals surface area contributed by atoms with Gasteiger partial charge in [-0.3, -0.25) is 13.8 Å². The highest BCUT2D eigenvalue weighted by atomic mass is 19.4. The highest BCUT2D eigenvalue weighted by Gasteiger charge is 2.42. The average molecular weight is 500 g/mol. The average Bonchev–Trinajstić information content (AvgIpc) is 3.36. The first kappa shape index (κ1) is 23.8. The molecule has 1 saturated heterocycles. The number of alkyl halides is 3. The fourth-order valence-corrected chi connectivity index (χ4v) is 4.45. The van der Waals surface area contributed by atoms with Crippen LogP contribution in [0, 0.1) is 0 Å². The Kier molecular flexibility index (Phi) is 5.51. The van der Waals surface area contributed by atoms with E-state index in [0.717, 1.165) is 43.7 Å². The number of nitrogens with zero attached hydrogens (tertiary/aromatic N) is 6. The summed E-state index contributed by atoms with van der Waals surface area (Å²) in [6.07, 6.45) is -0.309. The number of carbonyl (C=O) groups is 1. The first-order chi connectivity index (χ1) is 17.0. The number of hydrogen-bond acceptors (Lipinski definition) is 5. The summed E-state index contributed by atoms with van der Waals surface area (Å²) in [6, 6.07) is 7.86. The SMILES string of the molecule is CN(C)C(=O)c1cc(C(F)(F)F)c2cn(-c3cccc(C4(Cc5nncn5C)COC4)c3)c(=O)n2c1. The van der Waals surface area contributed by atoms with Crippen LogP contribution in [0.5, 0.6) is 0 Å². The maximum Gasteiger partial charge on any atom is 0.418 e. The summed E-state index contributed by atoms with van der Waals surface area (Å²) in [5.41, 5.74) is -1.48. The molecule has 1 aromatic carbocycles. The summed E-state index contributed by atoms with van der Waals surface area (Å²) in [5.74, 6) is 0.128.